The van der Waals surface area contributed by atoms with Gasteiger partial charge in [-0.15, -0.1) is 0 Å². The van der Waals surface area contributed by atoms with E-state index in [0.717, 1.165) is 0 Å². The van der Waals surface area contributed by atoms with Crippen molar-refractivity contribution >= 4 is 17.4 Å². The van der Waals surface area contributed by atoms with Crippen molar-refractivity contribution in [2.45, 2.75) is 0 Å². The molecule has 4 heavy (non-hydrogen) atoms. The van der Waals surface area contributed by atoms with Gasteiger partial charge in [0.05, 0.1) is 0 Å². The molecule has 0 N–H and O–H groups in total. The van der Waals surface area contributed by atoms with Gasteiger partial charge in [-0.1, -0.05) is 0 Å². The molecule has 4 heteroatoms. The van der Waals surface area contributed by atoms with E-state index in [9.17, 15) is 0 Å². The average Bonchev–Trinajstić information content (AvgIpc) is 0. The molecule has 0 fully saturated rings. The molecule has 0 aliphatic carbocycles. The molecule has 0 spiro atoms. The zero-order valence-corrected chi connectivity index (χ0v) is 4.38. The molecular formula is H3AlCrCuFe. The Balaban J connectivity index is 0. The van der Waals surface area contributed by atoms with Gasteiger partial charge in [0.15, 0.2) is 17.4 Å². The fourth-order valence-corrected chi connectivity index (χ4v) is 0. The zero-order chi connectivity index (χ0) is 0. The Morgan fingerprint density at radius 3 is 1.00 bits per heavy atom. The third-order valence-corrected chi connectivity index (χ3v) is 0. The third kappa shape index (κ3) is 8.93. The van der Waals surface area contributed by atoms with Gasteiger partial charge in [-0.3, -0.25) is 0 Å². The summed E-state index contributed by atoms with van der Waals surface area (Å²) in [5.74, 6) is 0. The Kier molecular flexibility index (Phi) is 174. The molecule has 0 aliphatic heterocycles. The maximum Gasteiger partial charge on any atom is 0.187 e. The van der Waals surface area contributed by atoms with E-state index in [0.29, 0.717) is 0 Å². The molecular weight excluding hydrogens is 198 g/mol. The first-order valence-electron chi connectivity index (χ1n) is 0. The standard InChI is InChI=1S/Al.Cr.Cu.Fe.3H. The smallest absolute Gasteiger partial charge is 0 e. The molecule has 0 heterocycles. The van der Waals surface area contributed by atoms with E-state index in [1.54, 1.807) is 0 Å². The molecule has 0 nitrogen and oxygen atoms in total. The SMILES string of the molecule is [AlH3].[Cr].[Cu].[Fe]. The summed E-state index contributed by atoms with van der Waals surface area (Å²) in [5.41, 5.74) is 0. The quantitative estimate of drug-likeness (QED) is 0.432. The van der Waals surface area contributed by atoms with Crippen LogP contribution in [0.1, 0.15) is 0 Å². The van der Waals surface area contributed by atoms with Gasteiger partial charge in [0.2, 0.25) is 0 Å². The van der Waals surface area contributed by atoms with Crippen LogP contribution >= 0.6 is 0 Å². The van der Waals surface area contributed by atoms with Gasteiger partial charge < -0.3 is 0 Å². The van der Waals surface area contributed by atoms with Crippen LogP contribution in [-0.4, -0.2) is 17.4 Å². The van der Waals surface area contributed by atoms with Crippen molar-refractivity contribution < 1.29 is 51.5 Å². The van der Waals surface area contributed by atoms with Crippen LogP contribution in [0.5, 0.6) is 0 Å². The van der Waals surface area contributed by atoms with Crippen molar-refractivity contribution in [1.29, 1.82) is 0 Å². The van der Waals surface area contributed by atoms with Gasteiger partial charge in [0.1, 0.15) is 0 Å². The topological polar surface area (TPSA) is 0 Å². The Morgan fingerprint density at radius 1 is 1.00 bits per heavy atom. The molecule has 31 valence electrons. The minimum atomic E-state index is 0. The Hall–Kier alpha value is 2.10. The molecule has 0 aromatic heterocycles. The molecule has 0 aromatic rings. The van der Waals surface area contributed by atoms with Gasteiger partial charge in [-0.05, 0) is 0 Å². The molecule has 1 radical (unpaired) electrons. The summed E-state index contributed by atoms with van der Waals surface area (Å²) in [6.45, 7) is 0. The maximum atomic E-state index is 0. The van der Waals surface area contributed by atoms with Gasteiger partial charge in [-0.2, -0.15) is 0 Å². The van der Waals surface area contributed by atoms with E-state index in [1.165, 1.54) is 0 Å². The van der Waals surface area contributed by atoms with Crippen molar-refractivity contribution in [2.75, 3.05) is 0 Å². The molecule has 0 aliphatic rings. The molecule has 0 saturated heterocycles. The summed E-state index contributed by atoms with van der Waals surface area (Å²) in [6, 6.07) is 0. The average molecular weight is 201 g/mol. The van der Waals surface area contributed by atoms with Crippen LogP contribution in [-0.2, 0) is 51.5 Å². The van der Waals surface area contributed by atoms with E-state index < -0.39 is 0 Å². The van der Waals surface area contributed by atoms with E-state index >= 15 is 0 Å². The minimum Gasteiger partial charge on any atom is 0 e. The first-order valence-corrected chi connectivity index (χ1v) is 0. The minimum absolute atomic E-state index is 0. The molecule has 0 aromatic carbocycles. The van der Waals surface area contributed by atoms with Gasteiger partial charge in [-0.25, -0.2) is 0 Å². The predicted octanol–water partition coefficient (Wildman–Crippen LogP) is -1.19. The zero-order valence-electron chi connectivity index (χ0n) is 1.06. The second-order valence-corrected chi connectivity index (χ2v) is 0. The maximum absolute atomic E-state index is 0. The van der Waals surface area contributed by atoms with Crippen LogP contribution in [0.3, 0.4) is 0 Å². The Morgan fingerprint density at radius 2 is 1.00 bits per heavy atom. The first-order chi connectivity index (χ1) is 0. The second kappa shape index (κ2) is 19.4. The van der Waals surface area contributed by atoms with E-state index in [1.807, 2.05) is 0 Å². The summed E-state index contributed by atoms with van der Waals surface area (Å²) in [4.78, 5) is 0. The summed E-state index contributed by atoms with van der Waals surface area (Å²) >= 11 is 0. The summed E-state index contributed by atoms with van der Waals surface area (Å²) in [6.07, 6.45) is 0. The van der Waals surface area contributed by atoms with Gasteiger partial charge >= 0.3 is 0 Å². The number of hydrogen-bond acceptors (Lipinski definition) is 0. The van der Waals surface area contributed by atoms with Crippen LogP contribution < -0.4 is 0 Å². The molecule has 0 unspecified atom stereocenters. The van der Waals surface area contributed by atoms with Crippen molar-refractivity contribution in [2.24, 2.45) is 0 Å². The van der Waals surface area contributed by atoms with Crippen LogP contribution in [0, 0.1) is 0 Å². The predicted molar refractivity (Wildman–Crippen MR) is 9.94 cm³/mol. The van der Waals surface area contributed by atoms with Crippen molar-refractivity contribution in [3.63, 3.8) is 0 Å². The summed E-state index contributed by atoms with van der Waals surface area (Å²) < 4.78 is 0. The van der Waals surface area contributed by atoms with Crippen molar-refractivity contribution in [1.82, 2.24) is 0 Å². The van der Waals surface area contributed by atoms with E-state index in [2.05, 4.69) is 0 Å². The molecule has 0 amide bonds. The number of rotatable bonds is 0. The molecule has 0 atom stereocenters. The van der Waals surface area contributed by atoms with Crippen molar-refractivity contribution in [3.05, 3.63) is 0 Å². The van der Waals surface area contributed by atoms with Gasteiger partial charge in [0, 0.05) is 51.5 Å². The molecule has 0 saturated carbocycles. The van der Waals surface area contributed by atoms with Crippen LogP contribution in [0.4, 0.5) is 0 Å². The fourth-order valence-electron chi connectivity index (χ4n) is 0. The third-order valence-electron chi connectivity index (χ3n) is 0. The van der Waals surface area contributed by atoms with Crippen LogP contribution in [0.15, 0.2) is 0 Å². The van der Waals surface area contributed by atoms with Gasteiger partial charge in [0.25, 0.3) is 0 Å². The van der Waals surface area contributed by atoms with Crippen LogP contribution in [0.2, 0.25) is 0 Å². The fraction of sp³-hybridized carbons (Fsp3) is 0. The van der Waals surface area contributed by atoms with Crippen LogP contribution in [0.25, 0.3) is 0 Å². The number of hydrogen-bond donors (Lipinski definition) is 0. The second-order valence-electron chi connectivity index (χ2n) is 0. The first kappa shape index (κ1) is 35.9. The Labute approximate surface area is 68.3 Å². The molecule has 0 rings (SSSR count). The monoisotopic (exact) mass is 201 g/mol. The normalized spacial score (nSPS) is 0. The largest absolute Gasteiger partial charge is 0.187 e. The summed E-state index contributed by atoms with van der Waals surface area (Å²) in [7, 11) is 0. The summed E-state index contributed by atoms with van der Waals surface area (Å²) in [5, 5.41) is 0. The Bertz CT molecular complexity index is 8.00. The molecule has 0 bridgehead atoms. The van der Waals surface area contributed by atoms with E-state index in [-0.39, 0.29) is 68.9 Å². The van der Waals surface area contributed by atoms with Crippen molar-refractivity contribution in [3.8, 4) is 0 Å². The van der Waals surface area contributed by atoms with E-state index in [4.69, 9.17) is 0 Å².